The Morgan fingerprint density at radius 3 is 2.00 bits per heavy atom. The van der Waals surface area contributed by atoms with Gasteiger partial charge >= 0.3 is 5.82 Å². The van der Waals surface area contributed by atoms with Crippen LogP contribution in [0.2, 0.25) is 0 Å². The molecule has 0 saturated heterocycles. The number of hydrogen-bond donors (Lipinski definition) is 0. The zero-order valence-corrected chi connectivity index (χ0v) is 7.43. The highest BCUT2D eigenvalue weighted by atomic mass is 16.6. The van der Waals surface area contributed by atoms with Crippen molar-refractivity contribution < 1.29 is 8.83 Å². The first-order valence-corrected chi connectivity index (χ1v) is 3.83. The van der Waals surface area contributed by atoms with Gasteiger partial charge in [0.1, 0.15) is 11.5 Å². The maximum atomic E-state index is 10.3. The third-order valence-electron chi connectivity index (χ3n) is 1.16. The molecule has 0 N–H and O–H groups in total. The normalized spacial score (nSPS) is 8.73. The summed E-state index contributed by atoms with van der Waals surface area (Å²) in [6, 6.07) is 0. The Morgan fingerprint density at radius 2 is 1.82 bits per heavy atom. The summed E-state index contributed by atoms with van der Waals surface area (Å²) < 4.78 is 9.22. The molecule has 1 aromatic rings. The Morgan fingerprint density at radius 1 is 1.27 bits per heavy atom. The van der Waals surface area contributed by atoms with E-state index in [1.54, 1.807) is 6.92 Å². The number of hydrogen-bond acceptors (Lipinski definition) is 3. The zero-order valence-electron chi connectivity index (χ0n) is 7.43. The number of rotatable bonds is 1. The molecule has 3 heteroatoms. The van der Waals surface area contributed by atoms with Crippen LogP contribution in [0.1, 0.15) is 32.3 Å². The van der Waals surface area contributed by atoms with Crippen molar-refractivity contribution in [1.82, 2.24) is 0 Å². The molecular formula is C8H14O3. The Hall–Kier alpha value is -0.990. The molecule has 0 unspecified atom stereocenters. The van der Waals surface area contributed by atoms with Gasteiger partial charge in [-0.15, -0.1) is 0 Å². The standard InChI is InChI=1S/C6H8O3.C2H6/c1-3-5-4(2)8-6(7)9-5;1-2/h3H2,1-2H3;1-2H3. The van der Waals surface area contributed by atoms with E-state index >= 15 is 0 Å². The predicted octanol–water partition coefficient (Wildman–Crippen LogP) is 2.13. The average Bonchev–Trinajstić information content (AvgIpc) is 2.33. The molecule has 0 aliphatic heterocycles. The Bertz CT molecular complexity index is 244. The highest BCUT2D eigenvalue weighted by Gasteiger charge is 2.03. The van der Waals surface area contributed by atoms with E-state index in [1.807, 2.05) is 20.8 Å². The van der Waals surface area contributed by atoms with Gasteiger partial charge in [0.05, 0.1) is 0 Å². The van der Waals surface area contributed by atoms with Crippen LogP contribution in [0.3, 0.4) is 0 Å². The molecule has 0 amide bonds. The van der Waals surface area contributed by atoms with Crippen LogP contribution in [0, 0.1) is 6.92 Å². The monoisotopic (exact) mass is 158 g/mol. The van der Waals surface area contributed by atoms with Crippen molar-refractivity contribution in [3.63, 3.8) is 0 Å². The largest absolute Gasteiger partial charge is 0.519 e. The maximum Gasteiger partial charge on any atom is 0.519 e. The minimum Gasteiger partial charge on any atom is -0.396 e. The van der Waals surface area contributed by atoms with Gasteiger partial charge in [0.2, 0.25) is 0 Å². The fraction of sp³-hybridized carbons (Fsp3) is 0.625. The predicted molar refractivity (Wildman–Crippen MR) is 42.7 cm³/mol. The molecular weight excluding hydrogens is 144 g/mol. The minimum absolute atomic E-state index is 0.586. The van der Waals surface area contributed by atoms with E-state index in [1.165, 1.54) is 0 Å². The Balaban J connectivity index is 0.000000461. The Kier molecular flexibility index (Phi) is 4.34. The molecule has 64 valence electrons. The lowest BCUT2D eigenvalue weighted by atomic mass is 10.3. The van der Waals surface area contributed by atoms with Gasteiger partial charge < -0.3 is 8.83 Å². The van der Waals surface area contributed by atoms with Gasteiger partial charge in [-0.25, -0.2) is 4.79 Å². The third kappa shape index (κ3) is 2.62. The highest BCUT2D eigenvalue weighted by Crippen LogP contribution is 2.03. The van der Waals surface area contributed by atoms with E-state index < -0.39 is 5.82 Å². The molecule has 0 aliphatic rings. The molecule has 0 fully saturated rings. The van der Waals surface area contributed by atoms with Gasteiger partial charge in [0.15, 0.2) is 0 Å². The van der Waals surface area contributed by atoms with Crippen LogP contribution in [0.5, 0.6) is 0 Å². The molecule has 0 aliphatic carbocycles. The number of aryl methyl sites for hydroxylation is 2. The van der Waals surface area contributed by atoms with Crippen LogP contribution >= 0.6 is 0 Å². The summed E-state index contributed by atoms with van der Waals surface area (Å²) in [4.78, 5) is 10.3. The molecule has 0 bridgehead atoms. The summed E-state index contributed by atoms with van der Waals surface area (Å²) in [5, 5.41) is 0. The lowest BCUT2D eigenvalue weighted by Crippen LogP contribution is -1.85. The van der Waals surface area contributed by atoms with E-state index in [0.29, 0.717) is 17.9 Å². The van der Waals surface area contributed by atoms with Gasteiger partial charge in [-0.1, -0.05) is 20.8 Å². The zero-order chi connectivity index (χ0) is 8.85. The average molecular weight is 158 g/mol. The summed E-state index contributed by atoms with van der Waals surface area (Å²) in [5.41, 5.74) is 0. The molecule has 0 atom stereocenters. The second-order valence-corrected chi connectivity index (χ2v) is 1.79. The molecule has 11 heavy (non-hydrogen) atoms. The summed E-state index contributed by atoms with van der Waals surface area (Å²) in [6.45, 7) is 7.62. The first-order chi connectivity index (χ1) is 5.24. The van der Waals surface area contributed by atoms with E-state index in [4.69, 9.17) is 0 Å². The first kappa shape index (κ1) is 10.0. The van der Waals surface area contributed by atoms with Crippen LogP contribution in [-0.4, -0.2) is 0 Å². The molecule has 1 rings (SSSR count). The molecule has 0 aromatic carbocycles. The van der Waals surface area contributed by atoms with Crippen molar-refractivity contribution >= 4 is 0 Å². The van der Waals surface area contributed by atoms with Gasteiger partial charge in [-0.2, -0.15) is 0 Å². The van der Waals surface area contributed by atoms with Gasteiger partial charge in [0.25, 0.3) is 0 Å². The summed E-state index contributed by atoms with van der Waals surface area (Å²) in [5.74, 6) is 0.617. The van der Waals surface area contributed by atoms with E-state index in [9.17, 15) is 4.79 Å². The highest BCUT2D eigenvalue weighted by molar-refractivity contribution is 4.99. The van der Waals surface area contributed by atoms with Crippen molar-refractivity contribution in [3.05, 3.63) is 22.1 Å². The lowest BCUT2D eigenvalue weighted by Gasteiger charge is -1.82. The molecule has 1 aromatic heterocycles. The summed E-state index contributed by atoms with van der Waals surface area (Å²) >= 11 is 0. The lowest BCUT2D eigenvalue weighted by molar-refractivity contribution is 0.370. The van der Waals surface area contributed by atoms with Crippen molar-refractivity contribution in [2.45, 2.75) is 34.1 Å². The van der Waals surface area contributed by atoms with E-state index in [0.717, 1.165) is 0 Å². The van der Waals surface area contributed by atoms with E-state index in [2.05, 4.69) is 8.83 Å². The first-order valence-electron chi connectivity index (χ1n) is 3.83. The second-order valence-electron chi connectivity index (χ2n) is 1.79. The quantitative estimate of drug-likeness (QED) is 0.628. The topological polar surface area (TPSA) is 43.4 Å². The van der Waals surface area contributed by atoms with E-state index in [-0.39, 0.29) is 0 Å². The minimum atomic E-state index is -0.607. The molecule has 0 saturated carbocycles. The maximum absolute atomic E-state index is 10.3. The van der Waals surface area contributed by atoms with Crippen LogP contribution in [0.4, 0.5) is 0 Å². The van der Waals surface area contributed by atoms with Crippen molar-refractivity contribution in [3.8, 4) is 0 Å². The van der Waals surface area contributed by atoms with Crippen molar-refractivity contribution in [2.24, 2.45) is 0 Å². The molecule has 3 nitrogen and oxygen atoms in total. The van der Waals surface area contributed by atoms with Crippen molar-refractivity contribution in [1.29, 1.82) is 0 Å². The fourth-order valence-corrected chi connectivity index (χ4v) is 0.696. The molecule has 0 spiro atoms. The van der Waals surface area contributed by atoms with Crippen LogP contribution < -0.4 is 5.82 Å². The summed E-state index contributed by atoms with van der Waals surface area (Å²) in [7, 11) is 0. The third-order valence-corrected chi connectivity index (χ3v) is 1.16. The van der Waals surface area contributed by atoms with Crippen LogP contribution in [-0.2, 0) is 6.42 Å². The second kappa shape index (κ2) is 4.77. The van der Waals surface area contributed by atoms with Crippen molar-refractivity contribution in [2.75, 3.05) is 0 Å². The molecule has 0 radical (unpaired) electrons. The smallest absolute Gasteiger partial charge is 0.396 e. The van der Waals surface area contributed by atoms with Gasteiger partial charge in [0, 0.05) is 6.42 Å². The Labute approximate surface area is 66.0 Å². The van der Waals surface area contributed by atoms with Gasteiger partial charge in [-0.3, -0.25) is 0 Å². The SMILES string of the molecule is CC.CCc1oc(=O)oc1C. The van der Waals surface area contributed by atoms with Crippen LogP contribution in [0.25, 0.3) is 0 Å². The molecule has 1 heterocycles. The fourth-order valence-electron chi connectivity index (χ4n) is 0.696. The summed E-state index contributed by atoms with van der Waals surface area (Å²) in [6.07, 6.45) is 0.706. The van der Waals surface area contributed by atoms with Gasteiger partial charge in [-0.05, 0) is 6.92 Å². The van der Waals surface area contributed by atoms with Crippen LogP contribution in [0.15, 0.2) is 13.6 Å².